The van der Waals surface area contributed by atoms with Crippen LogP contribution in [0.2, 0.25) is 0 Å². The summed E-state index contributed by atoms with van der Waals surface area (Å²) in [6, 6.07) is 11.6. The van der Waals surface area contributed by atoms with Crippen LogP contribution in [0.3, 0.4) is 0 Å². The molecule has 1 unspecified atom stereocenters. The third kappa shape index (κ3) is 3.48. The minimum Gasteiger partial charge on any atom is -0.493 e. The number of benzene rings is 2. The highest BCUT2D eigenvalue weighted by Crippen LogP contribution is 2.36. The largest absolute Gasteiger partial charge is 0.493 e. The first kappa shape index (κ1) is 17.3. The van der Waals surface area contributed by atoms with Crippen LogP contribution in [0.15, 0.2) is 53.4 Å². The lowest BCUT2D eigenvalue weighted by Crippen LogP contribution is -2.43. The molecule has 132 valence electrons. The second-order valence-electron chi connectivity index (χ2n) is 5.71. The molecule has 8 nitrogen and oxygen atoms in total. The second-order valence-corrected chi connectivity index (χ2v) is 7.47. The number of non-ortho nitro benzene ring substituents is 1. The van der Waals surface area contributed by atoms with E-state index in [4.69, 9.17) is 4.74 Å². The molecule has 0 saturated heterocycles. The SMILES string of the molecule is O=[N+]([O-])c1cccc(S(=O)(=O)NCC2(O)CCOc3ccccc32)c1. The fraction of sp³-hybridized carbons (Fsp3) is 0.250. The fourth-order valence-corrected chi connectivity index (χ4v) is 3.82. The van der Waals surface area contributed by atoms with Gasteiger partial charge in [0.1, 0.15) is 11.4 Å². The first-order chi connectivity index (χ1) is 11.8. The van der Waals surface area contributed by atoms with Gasteiger partial charge in [0.05, 0.1) is 16.4 Å². The number of nitrogens with zero attached hydrogens (tertiary/aromatic N) is 1. The van der Waals surface area contributed by atoms with Gasteiger partial charge in [-0.15, -0.1) is 0 Å². The van der Waals surface area contributed by atoms with Crippen LogP contribution in [0.1, 0.15) is 12.0 Å². The molecule has 1 heterocycles. The molecule has 0 amide bonds. The highest BCUT2D eigenvalue weighted by molar-refractivity contribution is 7.89. The monoisotopic (exact) mass is 364 g/mol. The van der Waals surface area contributed by atoms with Gasteiger partial charge >= 0.3 is 0 Å². The molecule has 2 aromatic rings. The number of para-hydroxylation sites is 1. The van der Waals surface area contributed by atoms with Crippen molar-refractivity contribution in [2.45, 2.75) is 16.9 Å². The third-order valence-corrected chi connectivity index (χ3v) is 5.45. The standard InChI is InChI=1S/C16H16N2O6S/c19-16(8-9-24-15-7-2-1-6-14(15)16)11-17-25(22,23)13-5-3-4-12(10-13)18(20)21/h1-7,10,17,19H,8-9,11H2. The Hall–Kier alpha value is -2.49. The van der Waals surface area contributed by atoms with Gasteiger partial charge < -0.3 is 9.84 Å². The highest BCUT2D eigenvalue weighted by atomic mass is 32.2. The Morgan fingerprint density at radius 2 is 2.00 bits per heavy atom. The second kappa shape index (κ2) is 6.43. The van der Waals surface area contributed by atoms with Gasteiger partial charge in [-0.25, -0.2) is 13.1 Å². The molecule has 0 fully saturated rings. The lowest BCUT2D eigenvalue weighted by atomic mass is 9.88. The van der Waals surface area contributed by atoms with Crippen LogP contribution in [0, 0.1) is 10.1 Å². The number of sulfonamides is 1. The van der Waals surface area contributed by atoms with Crippen molar-refractivity contribution >= 4 is 15.7 Å². The molecule has 1 aliphatic heterocycles. The molecule has 2 N–H and O–H groups in total. The zero-order chi connectivity index (χ0) is 18.1. The van der Waals surface area contributed by atoms with E-state index in [0.29, 0.717) is 11.3 Å². The minimum atomic E-state index is -4.01. The van der Waals surface area contributed by atoms with Gasteiger partial charge in [-0.2, -0.15) is 0 Å². The summed E-state index contributed by atoms with van der Waals surface area (Å²) in [4.78, 5) is 9.91. The molecule has 0 aromatic heterocycles. The third-order valence-electron chi connectivity index (χ3n) is 4.05. The molecule has 1 atom stereocenters. The van der Waals surface area contributed by atoms with Gasteiger partial charge in [0.2, 0.25) is 10.0 Å². The molecule has 25 heavy (non-hydrogen) atoms. The number of nitro groups is 1. The Morgan fingerprint density at radius 1 is 1.24 bits per heavy atom. The van der Waals surface area contributed by atoms with Crippen molar-refractivity contribution in [3.05, 3.63) is 64.2 Å². The Kier molecular flexibility index (Phi) is 4.46. The van der Waals surface area contributed by atoms with E-state index in [2.05, 4.69) is 4.72 Å². The number of aliphatic hydroxyl groups is 1. The lowest BCUT2D eigenvalue weighted by Gasteiger charge is -2.34. The van der Waals surface area contributed by atoms with Gasteiger partial charge in [0, 0.05) is 30.7 Å². The van der Waals surface area contributed by atoms with Crippen molar-refractivity contribution in [1.82, 2.24) is 4.72 Å². The topological polar surface area (TPSA) is 119 Å². The number of rotatable bonds is 5. The van der Waals surface area contributed by atoms with Crippen LogP contribution < -0.4 is 9.46 Å². The minimum absolute atomic E-state index is 0.224. The fourth-order valence-electron chi connectivity index (χ4n) is 2.69. The summed E-state index contributed by atoms with van der Waals surface area (Å²) in [6.45, 7) is -0.00948. The maximum Gasteiger partial charge on any atom is 0.270 e. The van der Waals surface area contributed by atoms with Gasteiger partial charge in [0.25, 0.3) is 5.69 Å². The maximum absolute atomic E-state index is 12.4. The zero-order valence-electron chi connectivity index (χ0n) is 13.1. The Morgan fingerprint density at radius 3 is 2.76 bits per heavy atom. The normalized spacial score (nSPS) is 19.7. The van der Waals surface area contributed by atoms with Crippen molar-refractivity contribution in [1.29, 1.82) is 0 Å². The van der Waals surface area contributed by atoms with E-state index in [0.717, 1.165) is 6.07 Å². The Labute approximate surface area is 144 Å². The van der Waals surface area contributed by atoms with Crippen LogP contribution in [0.4, 0.5) is 5.69 Å². The van der Waals surface area contributed by atoms with Gasteiger partial charge in [-0.1, -0.05) is 24.3 Å². The average molecular weight is 364 g/mol. The zero-order valence-corrected chi connectivity index (χ0v) is 13.9. The number of nitrogens with one attached hydrogen (secondary N) is 1. The predicted octanol–water partition coefficient (Wildman–Crippen LogP) is 1.54. The van der Waals surface area contributed by atoms with Crippen LogP contribution in [0.5, 0.6) is 5.75 Å². The number of fused-ring (bicyclic) bond motifs is 1. The van der Waals surface area contributed by atoms with Crippen molar-refractivity contribution < 1.29 is 23.2 Å². The predicted molar refractivity (Wildman–Crippen MR) is 88.7 cm³/mol. The summed E-state index contributed by atoms with van der Waals surface area (Å²) in [5.74, 6) is 0.505. The number of nitro benzene ring substituents is 1. The smallest absolute Gasteiger partial charge is 0.270 e. The van der Waals surface area contributed by atoms with E-state index in [-0.39, 0.29) is 30.2 Å². The van der Waals surface area contributed by atoms with Crippen molar-refractivity contribution in [2.24, 2.45) is 0 Å². The van der Waals surface area contributed by atoms with E-state index in [1.807, 2.05) is 0 Å². The summed E-state index contributed by atoms with van der Waals surface area (Å²) in [7, 11) is -4.01. The van der Waals surface area contributed by atoms with Crippen LogP contribution >= 0.6 is 0 Å². The van der Waals surface area contributed by atoms with E-state index in [1.165, 1.54) is 18.2 Å². The van der Waals surface area contributed by atoms with E-state index in [1.54, 1.807) is 24.3 Å². The van der Waals surface area contributed by atoms with Crippen LogP contribution in [-0.2, 0) is 15.6 Å². The molecule has 0 radical (unpaired) electrons. The van der Waals surface area contributed by atoms with E-state index in [9.17, 15) is 23.6 Å². The molecule has 0 saturated carbocycles. The molecule has 2 aromatic carbocycles. The van der Waals surface area contributed by atoms with Crippen LogP contribution in [-0.4, -0.2) is 31.6 Å². The van der Waals surface area contributed by atoms with Crippen LogP contribution in [0.25, 0.3) is 0 Å². The summed E-state index contributed by atoms with van der Waals surface area (Å²) in [6.07, 6.45) is 0.224. The maximum atomic E-state index is 12.4. The molecule has 0 aliphatic carbocycles. The number of ether oxygens (including phenoxy) is 1. The molecule has 0 spiro atoms. The molecular formula is C16H16N2O6S. The molecule has 9 heteroatoms. The quantitative estimate of drug-likeness (QED) is 0.614. The molecule has 1 aliphatic rings. The first-order valence-corrected chi connectivity index (χ1v) is 8.99. The lowest BCUT2D eigenvalue weighted by molar-refractivity contribution is -0.385. The molecule has 0 bridgehead atoms. The molecular weight excluding hydrogens is 348 g/mol. The highest BCUT2D eigenvalue weighted by Gasteiger charge is 2.36. The molecule has 3 rings (SSSR count). The Bertz CT molecular complexity index is 914. The van der Waals surface area contributed by atoms with Gasteiger partial charge in [0.15, 0.2) is 0 Å². The van der Waals surface area contributed by atoms with Gasteiger partial charge in [-0.05, 0) is 12.1 Å². The summed E-state index contributed by atoms with van der Waals surface area (Å²) in [5, 5.41) is 21.7. The summed E-state index contributed by atoms with van der Waals surface area (Å²) < 4.78 is 32.7. The average Bonchev–Trinajstić information content (AvgIpc) is 2.61. The summed E-state index contributed by atoms with van der Waals surface area (Å²) >= 11 is 0. The van der Waals surface area contributed by atoms with E-state index >= 15 is 0 Å². The Balaban J connectivity index is 1.84. The first-order valence-electron chi connectivity index (χ1n) is 7.51. The van der Waals surface area contributed by atoms with E-state index < -0.39 is 20.5 Å². The summed E-state index contributed by atoms with van der Waals surface area (Å²) in [5.41, 5.74) is -1.23. The van der Waals surface area contributed by atoms with Gasteiger partial charge in [-0.3, -0.25) is 10.1 Å². The number of hydrogen-bond acceptors (Lipinski definition) is 6. The van der Waals surface area contributed by atoms with Crippen molar-refractivity contribution in [2.75, 3.05) is 13.2 Å². The van der Waals surface area contributed by atoms with Crippen molar-refractivity contribution in [3.63, 3.8) is 0 Å². The number of hydrogen-bond donors (Lipinski definition) is 2. The van der Waals surface area contributed by atoms with Crippen molar-refractivity contribution in [3.8, 4) is 5.75 Å².